The van der Waals surface area contributed by atoms with Gasteiger partial charge in [-0.3, -0.25) is 9.69 Å². The van der Waals surface area contributed by atoms with Gasteiger partial charge in [-0.05, 0) is 79.3 Å². The molecule has 0 saturated heterocycles. The maximum atomic E-state index is 13.0. The Morgan fingerprint density at radius 3 is 2.61 bits per heavy atom. The van der Waals surface area contributed by atoms with Gasteiger partial charge in [-0.15, -0.1) is 5.10 Å². The van der Waals surface area contributed by atoms with Gasteiger partial charge in [0.05, 0.1) is 24.4 Å². The molecular formula is C25H32N6O2. The van der Waals surface area contributed by atoms with Gasteiger partial charge in [0.2, 0.25) is 0 Å². The van der Waals surface area contributed by atoms with E-state index in [9.17, 15) is 4.79 Å². The van der Waals surface area contributed by atoms with E-state index in [1.165, 1.54) is 0 Å². The highest BCUT2D eigenvalue weighted by Crippen LogP contribution is 2.32. The third kappa shape index (κ3) is 4.90. The number of rotatable bonds is 7. The van der Waals surface area contributed by atoms with Crippen LogP contribution in [0, 0.1) is 12.8 Å². The predicted octanol–water partition coefficient (Wildman–Crippen LogP) is 4.57. The van der Waals surface area contributed by atoms with Crippen LogP contribution in [-0.2, 0) is 18.6 Å². The summed E-state index contributed by atoms with van der Waals surface area (Å²) in [6.07, 6.45) is 1.67. The van der Waals surface area contributed by atoms with Crippen LogP contribution in [0.2, 0.25) is 0 Å². The zero-order chi connectivity index (χ0) is 23.8. The minimum atomic E-state index is -0.277. The van der Waals surface area contributed by atoms with Gasteiger partial charge in [0, 0.05) is 17.6 Å². The summed E-state index contributed by atoms with van der Waals surface area (Å²) < 4.78 is 7.55. The van der Waals surface area contributed by atoms with Crippen LogP contribution < -0.4 is 5.56 Å². The van der Waals surface area contributed by atoms with Crippen molar-refractivity contribution in [2.75, 3.05) is 0 Å². The number of tetrazole rings is 1. The SMILES string of the molecule is Cc1ccc2cc(CN(Cc3ccco3)C(c3nnnn3C(C)(C)C)C(C)C)c(=O)[nH]c2c1. The summed E-state index contributed by atoms with van der Waals surface area (Å²) in [4.78, 5) is 18.3. The van der Waals surface area contributed by atoms with Crippen LogP contribution in [0.25, 0.3) is 10.9 Å². The van der Waals surface area contributed by atoms with Gasteiger partial charge < -0.3 is 9.40 Å². The fraction of sp³-hybridized carbons (Fsp3) is 0.440. The van der Waals surface area contributed by atoms with Crippen molar-refractivity contribution in [2.24, 2.45) is 5.92 Å². The third-order valence-electron chi connectivity index (χ3n) is 5.81. The molecule has 0 radical (unpaired) electrons. The number of aromatic amines is 1. The highest BCUT2D eigenvalue weighted by Gasteiger charge is 2.33. The Hall–Kier alpha value is -3.26. The fourth-order valence-corrected chi connectivity index (χ4v) is 4.29. The molecule has 0 aliphatic carbocycles. The quantitative estimate of drug-likeness (QED) is 0.445. The second kappa shape index (κ2) is 8.94. The molecule has 8 heteroatoms. The van der Waals surface area contributed by atoms with Gasteiger partial charge in [-0.1, -0.05) is 26.0 Å². The third-order valence-corrected chi connectivity index (χ3v) is 5.81. The van der Waals surface area contributed by atoms with Crippen molar-refractivity contribution in [1.29, 1.82) is 0 Å². The van der Waals surface area contributed by atoms with E-state index in [-0.39, 0.29) is 23.1 Å². The summed E-state index contributed by atoms with van der Waals surface area (Å²) in [5.41, 5.74) is 2.28. The van der Waals surface area contributed by atoms with Gasteiger partial charge in [-0.25, -0.2) is 4.68 Å². The van der Waals surface area contributed by atoms with Crippen LogP contribution in [0.5, 0.6) is 0 Å². The Morgan fingerprint density at radius 1 is 1.15 bits per heavy atom. The average Bonchev–Trinajstić information content (AvgIpc) is 3.40. The topological polar surface area (TPSA) is 92.8 Å². The molecule has 33 heavy (non-hydrogen) atoms. The lowest BCUT2D eigenvalue weighted by molar-refractivity contribution is 0.111. The smallest absolute Gasteiger partial charge is 0.252 e. The first-order valence-corrected chi connectivity index (χ1v) is 11.3. The van der Waals surface area contributed by atoms with Gasteiger partial charge in [0.15, 0.2) is 5.82 Å². The molecule has 4 aromatic rings. The average molecular weight is 449 g/mol. The molecule has 1 unspecified atom stereocenters. The van der Waals surface area contributed by atoms with Gasteiger partial charge in [-0.2, -0.15) is 0 Å². The van der Waals surface area contributed by atoms with E-state index in [0.717, 1.165) is 28.1 Å². The summed E-state index contributed by atoms with van der Waals surface area (Å²) in [7, 11) is 0. The maximum absolute atomic E-state index is 13.0. The molecule has 8 nitrogen and oxygen atoms in total. The Kier molecular flexibility index (Phi) is 6.21. The Balaban J connectivity index is 1.79. The first-order chi connectivity index (χ1) is 15.6. The van der Waals surface area contributed by atoms with Gasteiger partial charge in [0.1, 0.15) is 5.76 Å². The molecule has 0 spiro atoms. The molecule has 0 bridgehead atoms. The molecule has 0 aliphatic rings. The molecule has 0 fully saturated rings. The number of fused-ring (bicyclic) bond motifs is 1. The molecule has 0 saturated carbocycles. The van der Waals surface area contributed by atoms with Gasteiger partial charge in [0.25, 0.3) is 5.56 Å². The summed E-state index contributed by atoms with van der Waals surface area (Å²) in [5, 5.41) is 13.7. The second-order valence-corrected chi connectivity index (χ2v) is 10.0. The molecule has 0 aliphatic heterocycles. The van der Waals surface area contributed by atoms with Crippen LogP contribution in [0.4, 0.5) is 0 Å². The Bertz CT molecular complexity index is 1280. The number of pyridine rings is 1. The zero-order valence-corrected chi connectivity index (χ0v) is 20.2. The van der Waals surface area contributed by atoms with Crippen molar-refractivity contribution in [2.45, 2.75) is 66.2 Å². The van der Waals surface area contributed by atoms with Crippen LogP contribution >= 0.6 is 0 Å². The molecular weight excluding hydrogens is 416 g/mol. The second-order valence-electron chi connectivity index (χ2n) is 10.0. The highest BCUT2D eigenvalue weighted by molar-refractivity contribution is 5.79. The number of aryl methyl sites for hydroxylation is 1. The van der Waals surface area contributed by atoms with Crippen molar-refractivity contribution in [1.82, 2.24) is 30.1 Å². The minimum Gasteiger partial charge on any atom is -0.468 e. The monoisotopic (exact) mass is 448 g/mol. The number of benzene rings is 1. The van der Waals surface area contributed by atoms with E-state index in [2.05, 4.69) is 66.1 Å². The van der Waals surface area contributed by atoms with Crippen molar-refractivity contribution >= 4 is 10.9 Å². The minimum absolute atomic E-state index is 0.0875. The number of nitrogens with zero attached hydrogens (tertiary/aromatic N) is 5. The Morgan fingerprint density at radius 2 is 1.94 bits per heavy atom. The summed E-state index contributed by atoms with van der Waals surface area (Å²) in [6, 6.07) is 11.8. The van der Waals surface area contributed by atoms with Crippen LogP contribution in [0.15, 0.2) is 51.9 Å². The lowest BCUT2D eigenvalue weighted by Crippen LogP contribution is -2.37. The molecule has 1 aromatic carbocycles. The van der Waals surface area contributed by atoms with Crippen LogP contribution in [0.1, 0.15) is 63.4 Å². The first-order valence-electron chi connectivity index (χ1n) is 11.3. The molecule has 3 heterocycles. The number of H-pyrrole nitrogens is 1. The summed E-state index contributed by atoms with van der Waals surface area (Å²) >= 11 is 0. The number of furan rings is 1. The van der Waals surface area contributed by atoms with Crippen molar-refractivity contribution < 1.29 is 4.42 Å². The molecule has 4 rings (SSSR count). The van der Waals surface area contributed by atoms with E-state index in [1.807, 2.05) is 41.9 Å². The maximum Gasteiger partial charge on any atom is 0.252 e. The van der Waals surface area contributed by atoms with E-state index in [0.29, 0.717) is 18.7 Å². The fourth-order valence-electron chi connectivity index (χ4n) is 4.29. The highest BCUT2D eigenvalue weighted by atomic mass is 16.3. The standard InChI is InChI=1S/C25H32N6O2/c1-16(2)22(23-27-28-29-31(23)25(4,5)6)30(15-20-8-7-11-33-20)14-19-13-18-10-9-17(3)12-21(18)26-24(19)32/h7-13,16,22H,14-15H2,1-6H3,(H,26,32). The van der Waals surface area contributed by atoms with Crippen molar-refractivity contribution in [3.05, 3.63) is 75.7 Å². The predicted molar refractivity (Wildman–Crippen MR) is 128 cm³/mol. The van der Waals surface area contributed by atoms with E-state index >= 15 is 0 Å². The molecule has 1 N–H and O–H groups in total. The lowest BCUT2D eigenvalue weighted by Gasteiger charge is -2.34. The molecule has 174 valence electrons. The normalized spacial score (nSPS) is 13.3. The van der Waals surface area contributed by atoms with E-state index in [4.69, 9.17) is 4.42 Å². The first kappa shape index (κ1) is 22.9. The number of aromatic nitrogens is 5. The zero-order valence-electron chi connectivity index (χ0n) is 20.2. The molecule has 0 amide bonds. The number of nitrogens with one attached hydrogen (secondary N) is 1. The van der Waals surface area contributed by atoms with Crippen molar-refractivity contribution in [3.8, 4) is 0 Å². The van der Waals surface area contributed by atoms with E-state index < -0.39 is 0 Å². The largest absolute Gasteiger partial charge is 0.468 e. The van der Waals surface area contributed by atoms with Gasteiger partial charge >= 0.3 is 0 Å². The lowest BCUT2D eigenvalue weighted by atomic mass is 9.98. The van der Waals surface area contributed by atoms with E-state index in [1.54, 1.807) is 6.26 Å². The summed E-state index contributed by atoms with van der Waals surface area (Å²) in [6.45, 7) is 13.5. The van der Waals surface area contributed by atoms with Crippen molar-refractivity contribution in [3.63, 3.8) is 0 Å². The summed E-state index contributed by atoms with van der Waals surface area (Å²) in [5.74, 6) is 1.79. The van der Waals surface area contributed by atoms with Crippen LogP contribution in [0.3, 0.4) is 0 Å². The molecule has 3 aromatic heterocycles. The number of hydrogen-bond acceptors (Lipinski definition) is 6. The Labute approximate surface area is 193 Å². The number of hydrogen-bond donors (Lipinski definition) is 1. The molecule has 1 atom stereocenters. The van der Waals surface area contributed by atoms with Crippen LogP contribution in [-0.4, -0.2) is 30.1 Å².